The van der Waals surface area contributed by atoms with E-state index in [1.54, 1.807) is 0 Å². The van der Waals surface area contributed by atoms with E-state index in [9.17, 15) is 4.79 Å². The number of nitrogens with two attached hydrogens (primary N) is 1. The van der Waals surface area contributed by atoms with Crippen LogP contribution in [0.25, 0.3) is 0 Å². The van der Waals surface area contributed by atoms with Crippen LogP contribution in [0.5, 0.6) is 0 Å². The number of primary amides is 1. The smallest absolute Gasteiger partial charge is 0.245 e. The summed E-state index contributed by atoms with van der Waals surface area (Å²) in [5, 5.41) is 3.12. The summed E-state index contributed by atoms with van der Waals surface area (Å²) in [7, 11) is 0. The first-order valence-electron chi connectivity index (χ1n) is 3.69. The van der Waals surface area contributed by atoms with Gasteiger partial charge in [-0.3, -0.25) is 4.79 Å². The Bertz CT molecular complexity index is 163. The van der Waals surface area contributed by atoms with Crippen LogP contribution >= 0.6 is 0 Å². The molecule has 0 aliphatic heterocycles. The summed E-state index contributed by atoms with van der Waals surface area (Å²) in [6.45, 7) is 9.45. The lowest BCUT2D eigenvalue weighted by Crippen LogP contribution is -2.37. The second-order valence-electron chi connectivity index (χ2n) is 2.93. The maximum atomic E-state index is 10.6. The Morgan fingerprint density at radius 2 is 1.91 bits per heavy atom. The van der Waals surface area contributed by atoms with Crippen LogP contribution in [-0.2, 0) is 4.79 Å². The number of nitrogens with one attached hydrogen (secondary N) is 1. The van der Waals surface area contributed by atoms with Crippen LogP contribution < -0.4 is 11.1 Å². The Kier molecular flexibility index (Phi) is 3.82. The molecule has 1 atom stereocenters. The fourth-order valence-corrected chi connectivity index (χ4v) is 0.814. The SMILES string of the molecule is C=C(C(N)=O)C(C)NC(C)C. The van der Waals surface area contributed by atoms with Gasteiger partial charge in [0.2, 0.25) is 5.91 Å². The number of carbonyl (C=O) groups is 1. The fraction of sp³-hybridized carbons (Fsp3) is 0.625. The molecule has 0 heterocycles. The molecule has 0 fully saturated rings. The molecule has 0 aromatic heterocycles. The minimum Gasteiger partial charge on any atom is -0.366 e. The molecule has 0 radical (unpaired) electrons. The summed E-state index contributed by atoms with van der Waals surface area (Å²) >= 11 is 0. The lowest BCUT2D eigenvalue weighted by Gasteiger charge is -2.16. The quantitative estimate of drug-likeness (QED) is 0.579. The van der Waals surface area contributed by atoms with Crippen LogP contribution in [0.1, 0.15) is 20.8 Å². The monoisotopic (exact) mass is 156 g/mol. The van der Waals surface area contributed by atoms with Crippen molar-refractivity contribution >= 4 is 5.91 Å². The Hall–Kier alpha value is -0.830. The molecule has 0 aliphatic rings. The third-order valence-corrected chi connectivity index (χ3v) is 1.42. The topological polar surface area (TPSA) is 55.1 Å². The van der Waals surface area contributed by atoms with Crippen molar-refractivity contribution in [1.29, 1.82) is 0 Å². The summed E-state index contributed by atoms with van der Waals surface area (Å²) in [5.74, 6) is -0.439. The van der Waals surface area contributed by atoms with Crippen LogP contribution in [-0.4, -0.2) is 18.0 Å². The highest BCUT2D eigenvalue weighted by Gasteiger charge is 2.11. The zero-order chi connectivity index (χ0) is 9.02. The molecule has 0 spiro atoms. The van der Waals surface area contributed by atoms with E-state index in [-0.39, 0.29) is 6.04 Å². The molecule has 64 valence electrons. The van der Waals surface area contributed by atoms with Gasteiger partial charge in [-0.2, -0.15) is 0 Å². The van der Waals surface area contributed by atoms with E-state index in [1.165, 1.54) is 0 Å². The highest BCUT2D eigenvalue weighted by molar-refractivity contribution is 5.92. The summed E-state index contributed by atoms with van der Waals surface area (Å²) in [6, 6.07) is 0.300. The van der Waals surface area contributed by atoms with E-state index in [0.29, 0.717) is 11.6 Å². The number of carbonyl (C=O) groups excluding carboxylic acids is 1. The van der Waals surface area contributed by atoms with Crippen LogP contribution in [0.4, 0.5) is 0 Å². The lowest BCUT2D eigenvalue weighted by atomic mass is 10.1. The van der Waals surface area contributed by atoms with E-state index in [4.69, 9.17) is 5.73 Å². The molecule has 1 unspecified atom stereocenters. The van der Waals surface area contributed by atoms with Gasteiger partial charge in [-0.1, -0.05) is 20.4 Å². The molecule has 3 nitrogen and oxygen atoms in total. The third kappa shape index (κ3) is 3.78. The number of hydrogen-bond donors (Lipinski definition) is 2. The second-order valence-corrected chi connectivity index (χ2v) is 2.93. The molecule has 0 bridgehead atoms. The number of hydrogen-bond acceptors (Lipinski definition) is 2. The van der Waals surface area contributed by atoms with E-state index in [2.05, 4.69) is 11.9 Å². The first-order chi connectivity index (χ1) is 4.95. The summed E-state index contributed by atoms with van der Waals surface area (Å²) < 4.78 is 0. The maximum absolute atomic E-state index is 10.6. The molecule has 0 aromatic carbocycles. The molecule has 0 aliphatic carbocycles. The van der Waals surface area contributed by atoms with Gasteiger partial charge in [0.15, 0.2) is 0 Å². The predicted octanol–water partition coefficient (Wildman–Crippen LogP) is 0.414. The van der Waals surface area contributed by atoms with Gasteiger partial charge >= 0.3 is 0 Å². The second kappa shape index (κ2) is 4.13. The molecule has 1 amide bonds. The summed E-state index contributed by atoms with van der Waals surface area (Å²) in [4.78, 5) is 10.6. The van der Waals surface area contributed by atoms with Crippen LogP contribution in [0.2, 0.25) is 0 Å². The van der Waals surface area contributed by atoms with Crippen molar-refractivity contribution in [2.24, 2.45) is 5.73 Å². The molecule has 3 N–H and O–H groups in total. The summed E-state index contributed by atoms with van der Waals surface area (Å²) in [5.41, 5.74) is 5.46. The number of rotatable bonds is 4. The van der Waals surface area contributed by atoms with E-state index in [1.807, 2.05) is 20.8 Å². The standard InChI is InChI=1S/C8H16N2O/c1-5(2)10-7(4)6(3)8(9)11/h5,7,10H,3H2,1-2,4H3,(H2,9,11). The van der Waals surface area contributed by atoms with E-state index < -0.39 is 5.91 Å². The molecular formula is C8H16N2O. The molecular weight excluding hydrogens is 140 g/mol. The highest BCUT2D eigenvalue weighted by atomic mass is 16.1. The van der Waals surface area contributed by atoms with Gasteiger partial charge in [0.05, 0.1) is 0 Å². The predicted molar refractivity (Wildman–Crippen MR) is 46.1 cm³/mol. The maximum Gasteiger partial charge on any atom is 0.245 e. The number of amides is 1. The van der Waals surface area contributed by atoms with Crippen LogP contribution in [0.3, 0.4) is 0 Å². The average Bonchev–Trinajstić information content (AvgIpc) is 1.84. The van der Waals surface area contributed by atoms with Crippen molar-refractivity contribution in [3.8, 4) is 0 Å². The Balaban J connectivity index is 3.93. The minimum atomic E-state index is -0.439. The van der Waals surface area contributed by atoms with Crippen molar-refractivity contribution in [3.63, 3.8) is 0 Å². The van der Waals surface area contributed by atoms with Crippen LogP contribution in [0.15, 0.2) is 12.2 Å². The van der Waals surface area contributed by atoms with Gasteiger partial charge in [-0.05, 0) is 6.92 Å². The van der Waals surface area contributed by atoms with Gasteiger partial charge < -0.3 is 11.1 Å². The third-order valence-electron chi connectivity index (χ3n) is 1.42. The zero-order valence-corrected chi connectivity index (χ0v) is 7.35. The van der Waals surface area contributed by atoms with Gasteiger partial charge in [-0.15, -0.1) is 0 Å². The van der Waals surface area contributed by atoms with Crippen molar-refractivity contribution in [2.75, 3.05) is 0 Å². The molecule has 3 heteroatoms. The molecule has 0 rings (SSSR count). The fourth-order valence-electron chi connectivity index (χ4n) is 0.814. The molecule has 11 heavy (non-hydrogen) atoms. The van der Waals surface area contributed by atoms with Gasteiger partial charge in [0.1, 0.15) is 0 Å². The van der Waals surface area contributed by atoms with Crippen molar-refractivity contribution < 1.29 is 4.79 Å². The normalized spacial score (nSPS) is 13.1. The van der Waals surface area contributed by atoms with Crippen molar-refractivity contribution in [1.82, 2.24) is 5.32 Å². The van der Waals surface area contributed by atoms with Gasteiger partial charge in [0.25, 0.3) is 0 Å². The van der Waals surface area contributed by atoms with Crippen molar-refractivity contribution in [2.45, 2.75) is 32.9 Å². The molecule has 0 saturated carbocycles. The highest BCUT2D eigenvalue weighted by Crippen LogP contribution is 1.98. The first-order valence-corrected chi connectivity index (χ1v) is 3.69. The van der Waals surface area contributed by atoms with Crippen LogP contribution in [0, 0.1) is 0 Å². The van der Waals surface area contributed by atoms with E-state index in [0.717, 1.165) is 0 Å². The summed E-state index contributed by atoms with van der Waals surface area (Å²) in [6.07, 6.45) is 0. The Morgan fingerprint density at radius 3 is 2.18 bits per heavy atom. The average molecular weight is 156 g/mol. The Labute approximate surface area is 67.7 Å². The zero-order valence-electron chi connectivity index (χ0n) is 7.35. The largest absolute Gasteiger partial charge is 0.366 e. The van der Waals surface area contributed by atoms with Gasteiger partial charge in [0, 0.05) is 17.7 Å². The lowest BCUT2D eigenvalue weighted by molar-refractivity contribution is -0.114. The molecule has 0 saturated heterocycles. The van der Waals surface area contributed by atoms with Crippen molar-refractivity contribution in [3.05, 3.63) is 12.2 Å². The minimum absolute atomic E-state index is 0.0347. The Morgan fingerprint density at radius 1 is 1.45 bits per heavy atom. The van der Waals surface area contributed by atoms with Gasteiger partial charge in [-0.25, -0.2) is 0 Å². The first kappa shape index (κ1) is 10.2. The molecule has 0 aromatic rings. The van der Waals surface area contributed by atoms with E-state index >= 15 is 0 Å².